The zero-order valence-electron chi connectivity index (χ0n) is 20.0. The molecule has 5 nitrogen and oxygen atoms in total. The average Bonchev–Trinajstić information content (AvgIpc) is 3.53. The van der Waals surface area contributed by atoms with Crippen molar-refractivity contribution in [1.82, 2.24) is 14.9 Å². The summed E-state index contributed by atoms with van der Waals surface area (Å²) >= 11 is 1.60. The first-order chi connectivity index (χ1) is 16.6. The van der Waals surface area contributed by atoms with Gasteiger partial charge in [-0.3, -0.25) is 4.79 Å². The molecule has 1 unspecified atom stereocenters. The molecule has 6 heteroatoms. The minimum Gasteiger partial charge on any atom is -0.497 e. The fraction of sp³-hybridized carbons (Fsp3) is 0.286. The van der Waals surface area contributed by atoms with Gasteiger partial charge in [0.15, 0.2) is 0 Å². The van der Waals surface area contributed by atoms with E-state index in [-0.39, 0.29) is 11.9 Å². The molecule has 2 aromatic heterocycles. The number of carbonyl (C=O) groups excluding carboxylic acids is 1. The van der Waals surface area contributed by atoms with Crippen LogP contribution in [0.5, 0.6) is 5.75 Å². The predicted molar refractivity (Wildman–Crippen MR) is 140 cm³/mol. The van der Waals surface area contributed by atoms with Crippen LogP contribution >= 0.6 is 11.3 Å². The molecule has 4 aromatic rings. The van der Waals surface area contributed by atoms with Gasteiger partial charge in [-0.15, -0.1) is 11.3 Å². The van der Waals surface area contributed by atoms with E-state index in [1.807, 2.05) is 42.6 Å². The van der Waals surface area contributed by atoms with Gasteiger partial charge in [-0.1, -0.05) is 50.6 Å². The van der Waals surface area contributed by atoms with Crippen molar-refractivity contribution >= 4 is 17.2 Å². The summed E-state index contributed by atoms with van der Waals surface area (Å²) in [5.41, 5.74) is 4.75. The lowest BCUT2D eigenvalue weighted by molar-refractivity contribution is 0.0953. The number of aromatic nitrogens is 2. The van der Waals surface area contributed by atoms with E-state index in [0.717, 1.165) is 47.0 Å². The van der Waals surface area contributed by atoms with Gasteiger partial charge in [0.1, 0.15) is 10.8 Å². The van der Waals surface area contributed by atoms with Crippen LogP contribution in [0.3, 0.4) is 0 Å². The van der Waals surface area contributed by atoms with Crippen LogP contribution in [-0.2, 0) is 0 Å². The smallest absolute Gasteiger partial charge is 0.252 e. The minimum absolute atomic E-state index is 0.0398. The van der Waals surface area contributed by atoms with Crippen LogP contribution in [0.2, 0.25) is 0 Å². The van der Waals surface area contributed by atoms with Crippen molar-refractivity contribution in [3.8, 4) is 27.7 Å². The third-order valence-corrected chi connectivity index (χ3v) is 6.83. The molecule has 0 fully saturated rings. The van der Waals surface area contributed by atoms with Crippen molar-refractivity contribution in [2.24, 2.45) is 0 Å². The highest BCUT2D eigenvalue weighted by molar-refractivity contribution is 7.13. The van der Waals surface area contributed by atoms with Gasteiger partial charge in [0.25, 0.3) is 5.91 Å². The Bertz CT molecular complexity index is 1210. The molecule has 2 aromatic carbocycles. The molecule has 4 rings (SSSR count). The SMILES string of the molecule is CCCCNC(=O)c1cc(-c2csc(-c3ccc(OC)cc3)n2)n(C(CC)c2ccccc2)c1. The maximum absolute atomic E-state index is 12.9. The second-order valence-electron chi connectivity index (χ2n) is 8.23. The molecule has 1 atom stereocenters. The van der Waals surface area contributed by atoms with E-state index < -0.39 is 0 Å². The molecule has 0 spiro atoms. The highest BCUT2D eigenvalue weighted by atomic mass is 32.1. The third kappa shape index (κ3) is 5.23. The fourth-order valence-electron chi connectivity index (χ4n) is 4.07. The molecule has 0 bridgehead atoms. The van der Waals surface area contributed by atoms with Crippen LogP contribution in [0.1, 0.15) is 55.1 Å². The standard InChI is InChI=1S/C28H31N3O2S/c1-4-6-16-29-27(32)22-17-26(31(18-22)25(5-2)20-10-8-7-9-11-20)24-19-34-28(30-24)21-12-14-23(33-3)15-13-21/h7-15,17-19,25H,4-6,16H2,1-3H3,(H,29,32). The molecule has 0 saturated carbocycles. The van der Waals surface area contributed by atoms with E-state index in [1.54, 1.807) is 18.4 Å². The quantitative estimate of drug-likeness (QED) is 0.257. The first-order valence-electron chi connectivity index (χ1n) is 11.8. The van der Waals surface area contributed by atoms with Crippen LogP contribution in [0.4, 0.5) is 0 Å². The van der Waals surface area contributed by atoms with Crippen molar-refractivity contribution < 1.29 is 9.53 Å². The van der Waals surface area contributed by atoms with Crippen molar-refractivity contribution in [2.45, 2.75) is 39.2 Å². The Kier molecular flexibility index (Phi) is 7.80. The summed E-state index contributed by atoms with van der Waals surface area (Å²) in [6.07, 6.45) is 4.89. The molecule has 1 amide bonds. The molecule has 0 aliphatic heterocycles. The highest BCUT2D eigenvalue weighted by Gasteiger charge is 2.21. The number of hydrogen-bond acceptors (Lipinski definition) is 4. The normalized spacial score (nSPS) is 11.9. The molecule has 0 saturated heterocycles. The number of ether oxygens (including phenoxy) is 1. The fourth-order valence-corrected chi connectivity index (χ4v) is 4.89. The number of hydrogen-bond donors (Lipinski definition) is 1. The highest BCUT2D eigenvalue weighted by Crippen LogP contribution is 2.34. The maximum Gasteiger partial charge on any atom is 0.252 e. The summed E-state index contributed by atoms with van der Waals surface area (Å²) in [4.78, 5) is 17.8. The predicted octanol–water partition coefficient (Wildman–Crippen LogP) is 6.82. The third-order valence-electron chi connectivity index (χ3n) is 5.94. The number of carbonyl (C=O) groups is 1. The number of thiazole rings is 1. The van der Waals surface area contributed by atoms with Gasteiger partial charge in [-0.25, -0.2) is 4.98 Å². The largest absolute Gasteiger partial charge is 0.497 e. The van der Waals surface area contributed by atoms with Crippen LogP contribution < -0.4 is 10.1 Å². The van der Waals surface area contributed by atoms with Gasteiger partial charge in [-0.2, -0.15) is 0 Å². The van der Waals surface area contributed by atoms with Crippen LogP contribution in [-0.4, -0.2) is 29.1 Å². The molecule has 176 valence electrons. The van der Waals surface area contributed by atoms with E-state index in [1.165, 1.54) is 5.56 Å². The summed E-state index contributed by atoms with van der Waals surface area (Å²) in [5, 5.41) is 6.06. The van der Waals surface area contributed by atoms with Crippen molar-refractivity contribution in [1.29, 1.82) is 0 Å². The zero-order valence-corrected chi connectivity index (χ0v) is 20.8. The summed E-state index contributed by atoms with van der Waals surface area (Å²) in [6.45, 7) is 4.98. The van der Waals surface area contributed by atoms with E-state index in [4.69, 9.17) is 9.72 Å². The second-order valence-corrected chi connectivity index (χ2v) is 9.09. The average molecular weight is 474 g/mol. The first-order valence-corrected chi connectivity index (χ1v) is 12.7. The Balaban J connectivity index is 1.73. The van der Waals surface area contributed by atoms with Crippen LogP contribution in [0, 0.1) is 0 Å². The van der Waals surface area contributed by atoms with Gasteiger partial charge >= 0.3 is 0 Å². The summed E-state index contributed by atoms with van der Waals surface area (Å²) in [7, 11) is 1.66. The Hall–Kier alpha value is -3.38. The second kappa shape index (κ2) is 11.2. The Labute approximate surface area is 205 Å². The number of nitrogens with one attached hydrogen (secondary N) is 1. The number of rotatable bonds is 10. The molecule has 0 radical (unpaired) electrons. The van der Waals surface area contributed by atoms with Gasteiger partial charge in [0.05, 0.1) is 30.1 Å². The lowest BCUT2D eigenvalue weighted by atomic mass is 10.0. The monoisotopic (exact) mass is 473 g/mol. The Morgan fingerprint density at radius 3 is 2.56 bits per heavy atom. The number of methoxy groups -OCH3 is 1. The first kappa shape index (κ1) is 23.8. The van der Waals surface area contributed by atoms with E-state index >= 15 is 0 Å². The lowest BCUT2D eigenvalue weighted by Crippen LogP contribution is -2.24. The summed E-state index contributed by atoms with van der Waals surface area (Å²) < 4.78 is 7.48. The van der Waals surface area contributed by atoms with Crippen LogP contribution in [0.25, 0.3) is 22.0 Å². The molecule has 0 aliphatic carbocycles. The number of unbranched alkanes of at least 4 members (excludes halogenated alkanes) is 1. The van der Waals surface area contributed by atoms with Crippen molar-refractivity contribution in [2.75, 3.05) is 13.7 Å². The molecular formula is C28H31N3O2S. The van der Waals surface area contributed by atoms with E-state index in [2.05, 4.69) is 53.4 Å². The maximum atomic E-state index is 12.9. The summed E-state index contributed by atoms with van der Waals surface area (Å²) in [6, 6.07) is 20.4. The van der Waals surface area contributed by atoms with Gasteiger partial charge < -0.3 is 14.6 Å². The Morgan fingerprint density at radius 1 is 1.12 bits per heavy atom. The minimum atomic E-state index is -0.0398. The molecule has 1 N–H and O–H groups in total. The van der Waals surface area contributed by atoms with Gasteiger partial charge in [-0.05, 0) is 48.7 Å². The zero-order chi connectivity index (χ0) is 23.9. The van der Waals surface area contributed by atoms with E-state index in [0.29, 0.717) is 12.1 Å². The number of amides is 1. The van der Waals surface area contributed by atoms with Crippen LogP contribution in [0.15, 0.2) is 72.2 Å². The Morgan fingerprint density at radius 2 is 1.88 bits per heavy atom. The number of benzene rings is 2. The molecule has 2 heterocycles. The van der Waals surface area contributed by atoms with Gasteiger partial charge in [0, 0.05) is 23.7 Å². The van der Waals surface area contributed by atoms with Gasteiger partial charge in [0.2, 0.25) is 0 Å². The molecular weight excluding hydrogens is 442 g/mol. The topological polar surface area (TPSA) is 56.1 Å². The molecule has 34 heavy (non-hydrogen) atoms. The van der Waals surface area contributed by atoms with E-state index in [9.17, 15) is 4.79 Å². The molecule has 0 aliphatic rings. The van der Waals surface area contributed by atoms with Crippen molar-refractivity contribution in [3.05, 3.63) is 83.4 Å². The number of nitrogens with zero attached hydrogens (tertiary/aromatic N) is 2. The lowest BCUT2D eigenvalue weighted by Gasteiger charge is -2.20. The summed E-state index contributed by atoms with van der Waals surface area (Å²) in [5.74, 6) is 0.781. The van der Waals surface area contributed by atoms with Crippen molar-refractivity contribution in [3.63, 3.8) is 0 Å².